The van der Waals surface area contributed by atoms with E-state index < -0.39 is 11.7 Å². The normalized spacial score (nSPS) is 18.6. The van der Waals surface area contributed by atoms with E-state index in [4.69, 9.17) is 17.3 Å². The second kappa shape index (κ2) is 5.07. The van der Waals surface area contributed by atoms with Gasteiger partial charge in [0.1, 0.15) is 0 Å². The minimum atomic E-state index is -4.39. The van der Waals surface area contributed by atoms with Crippen LogP contribution in [0.4, 0.5) is 13.2 Å². The van der Waals surface area contributed by atoms with Crippen LogP contribution in [0.5, 0.6) is 0 Å². The van der Waals surface area contributed by atoms with Crippen LogP contribution in [-0.4, -0.2) is 4.57 Å². The molecule has 3 rings (SSSR count). The second-order valence-corrected chi connectivity index (χ2v) is 5.66. The molecule has 0 spiro atoms. The molecule has 0 saturated carbocycles. The zero-order valence-corrected chi connectivity index (χ0v) is 11.9. The van der Waals surface area contributed by atoms with Crippen LogP contribution < -0.4 is 5.73 Å². The molecule has 1 aliphatic rings. The Bertz CT molecular complexity index is 676. The summed E-state index contributed by atoms with van der Waals surface area (Å²) in [6, 6.07) is 5.34. The third kappa shape index (κ3) is 2.56. The summed E-state index contributed by atoms with van der Waals surface area (Å²) < 4.78 is 39.9. The predicted molar refractivity (Wildman–Crippen MR) is 75.6 cm³/mol. The van der Waals surface area contributed by atoms with Crippen molar-refractivity contribution in [3.05, 3.63) is 52.3 Å². The minimum Gasteiger partial charge on any atom is -0.324 e. The van der Waals surface area contributed by atoms with E-state index in [0.717, 1.165) is 42.7 Å². The maximum atomic E-state index is 12.7. The molecule has 0 saturated heterocycles. The van der Waals surface area contributed by atoms with E-state index in [-0.39, 0.29) is 11.1 Å². The first-order valence-corrected chi connectivity index (χ1v) is 7.08. The largest absolute Gasteiger partial charge is 0.416 e. The Labute approximate surface area is 125 Å². The summed E-state index contributed by atoms with van der Waals surface area (Å²) in [7, 11) is 0. The van der Waals surface area contributed by atoms with Gasteiger partial charge in [0.25, 0.3) is 0 Å². The molecule has 21 heavy (non-hydrogen) atoms. The van der Waals surface area contributed by atoms with Gasteiger partial charge in [-0.15, -0.1) is 0 Å². The molecule has 1 aliphatic carbocycles. The van der Waals surface area contributed by atoms with E-state index in [2.05, 4.69) is 0 Å². The first-order chi connectivity index (χ1) is 9.88. The number of halogens is 4. The van der Waals surface area contributed by atoms with E-state index in [1.807, 2.05) is 16.8 Å². The van der Waals surface area contributed by atoms with Crippen molar-refractivity contribution < 1.29 is 13.2 Å². The number of nitrogens with two attached hydrogens (primary N) is 1. The van der Waals surface area contributed by atoms with Gasteiger partial charge in [-0.25, -0.2) is 0 Å². The van der Waals surface area contributed by atoms with E-state index in [9.17, 15) is 13.2 Å². The van der Waals surface area contributed by atoms with Crippen molar-refractivity contribution >= 4 is 11.6 Å². The average Bonchev–Trinajstić information content (AvgIpc) is 2.83. The third-order valence-corrected chi connectivity index (χ3v) is 4.19. The standard InChI is InChI=1S/C15H14ClF3N2/c16-11-8-9(15(17,18)19)4-5-14(11)21-7-6-10-12(20)2-1-3-13(10)21/h4-8,12H,1-3,20H2. The predicted octanol–water partition coefficient (Wildman–Crippen LogP) is 4.49. The lowest BCUT2D eigenvalue weighted by atomic mass is 9.93. The van der Waals surface area contributed by atoms with Crippen LogP contribution in [0.3, 0.4) is 0 Å². The molecule has 6 heteroatoms. The number of fused-ring (bicyclic) bond motifs is 1. The Morgan fingerprint density at radius 2 is 2.00 bits per heavy atom. The fourth-order valence-electron chi connectivity index (χ4n) is 2.83. The Kier molecular flexibility index (Phi) is 3.50. The molecule has 0 aliphatic heterocycles. The van der Waals surface area contributed by atoms with Crippen molar-refractivity contribution in [2.75, 3.05) is 0 Å². The molecule has 1 aromatic carbocycles. The molecule has 1 atom stereocenters. The Morgan fingerprint density at radius 1 is 1.24 bits per heavy atom. The van der Waals surface area contributed by atoms with Crippen molar-refractivity contribution in [2.45, 2.75) is 31.5 Å². The van der Waals surface area contributed by atoms with Gasteiger partial charge in [-0.2, -0.15) is 13.2 Å². The number of nitrogens with zero attached hydrogens (tertiary/aromatic N) is 1. The smallest absolute Gasteiger partial charge is 0.324 e. The molecule has 1 aromatic heterocycles. The summed E-state index contributed by atoms with van der Waals surface area (Å²) in [5.41, 5.74) is 7.97. The molecular weight excluding hydrogens is 301 g/mol. The SMILES string of the molecule is NC1CCCc2c1ccn2-c1ccc(C(F)(F)F)cc1Cl. The summed E-state index contributed by atoms with van der Waals surface area (Å²) in [5.74, 6) is 0. The molecule has 2 N–H and O–H groups in total. The lowest BCUT2D eigenvalue weighted by Gasteiger charge is -2.21. The van der Waals surface area contributed by atoms with Crippen LogP contribution in [-0.2, 0) is 12.6 Å². The number of benzene rings is 1. The van der Waals surface area contributed by atoms with Gasteiger partial charge in [-0.05, 0) is 49.1 Å². The summed E-state index contributed by atoms with van der Waals surface area (Å²) >= 11 is 6.05. The topological polar surface area (TPSA) is 30.9 Å². The average molecular weight is 315 g/mol. The molecular formula is C15H14ClF3N2. The van der Waals surface area contributed by atoms with Gasteiger partial charge in [-0.1, -0.05) is 11.6 Å². The van der Waals surface area contributed by atoms with Gasteiger partial charge in [0, 0.05) is 17.9 Å². The van der Waals surface area contributed by atoms with Crippen molar-refractivity contribution in [3.8, 4) is 5.69 Å². The number of rotatable bonds is 1. The number of alkyl halides is 3. The zero-order chi connectivity index (χ0) is 15.2. The van der Waals surface area contributed by atoms with Gasteiger partial charge >= 0.3 is 6.18 Å². The molecule has 112 valence electrons. The van der Waals surface area contributed by atoms with E-state index in [0.29, 0.717) is 5.69 Å². The van der Waals surface area contributed by atoms with Crippen LogP contribution in [0, 0.1) is 0 Å². The van der Waals surface area contributed by atoms with Gasteiger partial charge < -0.3 is 10.3 Å². The molecule has 0 bridgehead atoms. The van der Waals surface area contributed by atoms with Crippen molar-refractivity contribution in [1.29, 1.82) is 0 Å². The van der Waals surface area contributed by atoms with Crippen molar-refractivity contribution in [2.24, 2.45) is 5.73 Å². The number of hydrogen-bond acceptors (Lipinski definition) is 1. The molecule has 1 heterocycles. The first-order valence-electron chi connectivity index (χ1n) is 6.71. The summed E-state index contributed by atoms with van der Waals surface area (Å²) in [5, 5.41) is 0.0855. The Balaban J connectivity index is 2.06. The highest BCUT2D eigenvalue weighted by Crippen LogP contribution is 2.36. The van der Waals surface area contributed by atoms with E-state index in [1.165, 1.54) is 6.07 Å². The number of hydrogen-bond donors (Lipinski definition) is 1. The summed E-state index contributed by atoms with van der Waals surface area (Å²) in [6.07, 6.45) is 0.187. The molecule has 0 fully saturated rings. The van der Waals surface area contributed by atoms with E-state index >= 15 is 0 Å². The molecule has 2 nitrogen and oxygen atoms in total. The van der Waals surface area contributed by atoms with Crippen LogP contribution in [0.15, 0.2) is 30.5 Å². The Hall–Kier alpha value is -1.46. The van der Waals surface area contributed by atoms with E-state index in [1.54, 1.807) is 0 Å². The monoisotopic (exact) mass is 314 g/mol. The molecule has 0 amide bonds. The van der Waals surface area contributed by atoms with Gasteiger partial charge in [-0.3, -0.25) is 0 Å². The summed E-state index contributed by atoms with van der Waals surface area (Å²) in [6.45, 7) is 0. The molecule has 1 unspecified atom stereocenters. The third-order valence-electron chi connectivity index (χ3n) is 3.89. The molecule has 2 aromatic rings. The summed E-state index contributed by atoms with van der Waals surface area (Å²) in [4.78, 5) is 0. The van der Waals surface area contributed by atoms with Crippen LogP contribution in [0.25, 0.3) is 5.69 Å². The van der Waals surface area contributed by atoms with Crippen LogP contribution in [0.1, 0.15) is 35.7 Å². The minimum absolute atomic E-state index is 0.0109. The quantitative estimate of drug-likeness (QED) is 0.826. The highest BCUT2D eigenvalue weighted by Gasteiger charge is 2.31. The first kappa shape index (κ1) is 14.5. The van der Waals surface area contributed by atoms with Crippen molar-refractivity contribution in [1.82, 2.24) is 4.57 Å². The maximum absolute atomic E-state index is 12.7. The van der Waals surface area contributed by atoms with Gasteiger partial charge in [0.15, 0.2) is 0 Å². The maximum Gasteiger partial charge on any atom is 0.416 e. The second-order valence-electron chi connectivity index (χ2n) is 5.25. The van der Waals surface area contributed by atoms with Crippen LogP contribution in [0.2, 0.25) is 5.02 Å². The fourth-order valence-corrected chi connectivity index (χ4v) is 3.10. The highest BCUT2D eigenvalue weighted by molar-refractivity contribution is 6.32. The Morgan fingerprint density at radius 3 is 2.67 bits per heavy atom. The lowest BCUT2D eigenvalue weighted by molar-refractivity contribution is -0.137. The van der Waals surface area contributed by atoms with Crippen LogP contribution >= 0.6 is 11.6 Å². The van der Waals surface area contributed by atoms with Crippen molar-refractivity contribution in [3.63, 3.8) is 0 Å². The highest BCUT2D eigenvalue weighted by atomic mass is 35.5. The fraction of sp³-hybridized carbons (Fsp3) is 0.333. The van der Waals surface area contributed by atoms with Gasteiger partial charge in [0.2, 0.25) is 0 Å². The molecule has 0 radical (unpaired) electrons. The van der Waals surface area contributed by atoms with Gasteiger partial charge in [0.05, 0.1) is 16.3 Å². The number of aromatic nitrogens is 1. The lowest BCUT2D eigenvalue weighted by Crippen LogP contribution is -2.18. The zero-order valence-electron chi connectivity index (χ0n) is 11.1.